The van der Waals surface area contributed by atoms with Crippen molar-refractivity contribution in [3.05, 3.63) is 35.9 Å². The SMILES string of the molecule is N#C[C@]1(c2ccccc2)CCCCCNC1=O. The van der Waals surface area contributed by atoms with Crippen LogP contribution >= 0.6 is 0 Å². The van der Waals surface area contributed by atoms with E-state index in [-0.39, 0.29) is 5.91 Å². The van der Waals surface area contributed by atoms with Gasteiger partial charge in [-0.2, -0.15) is 5.26 Å². The molecule has 17 heavy (non-hydrogen) atoms. The molecule has 1 amide bonds. The van der Waals surface area contributed by atoms with Gasteiger partial charge in [0.2, 0.25) is 5.91 Å². The number of rotatable bonds is 1. The third-order valence-corrected chi connectivity index (χ3v) is 3.36. The van der Waals surface area contributed by atoms with Crippen LogP contribution in [-0.2, 0) is 10.2 Å². The molecule has 0 aliphatic carbocycles. The molecular weight excluding hydrogens is 212 g/mol. The van der Waals surface area contributed by atoms with Crippen LogP contribution < -0.4 is 5.32 Å². The van der Waals surface area contributed by atoms with Crippen LogP contribution in [0.25, 0.3) is 0 Å². The van der Waals surface area contributed by atoms with Crippen molar-refractivity contribution in [2.75, 3.05) is 6.54 Å². The summed E-state index contributed by atoms with van der Waals surface area (Å²) in [5.41, 5.74) is -0.191. The maximum Gasteiger partial charge on any atom is 0.245 e. The first kappa shape index (κ1) is 11.7. The average molecular weight is 228 g/mol. The highest BCUT2D eigenvalue weighted by Crippen LogP contribution is 2.31. The fourth-order valence-electron chi connectivity index (χ4n) is 2.33. The Labute approximate surface area is 101 Å². The van der Waals surface area contributed by atoms with Crippen molar-refractivity contribution in [3.8, 4) is 6.07 Å². The maximum absolute atomic E-state index is 12.2. The summed E-state index contributed by atoms with van der Waals surface area (Å²) in [6.45, 7) is 0.676. The normalized spacial score (nSPS) is 25.2. The fraction of sp³-hybridized carbons (Fsp3) is 0.429. The molecule has 1 aliphatic heterocycles. The number of nitrogens with one attached hydrogen (secondary N) is 1. The minimum absolute atomic E-state index is 0.147. The van der Waals surface area contributed by atoms with E-state index in [1.54, 1.807) is 0 Å². The van der Waals surface area contributed by atoms with Crippen LogP contribution in [0.1, 0.15) is 31.2 Å². The maximum atomic E-state index is 12.2. The second kappa shape index (κ2) is 5.01. The molecule has 88 valence electrons. The van der Waals surface area contributed by atoms with E-state index in [0.29, 0.717) is 13.0 Å². The first-order valence-corrected chi connectivity index (χ1v) is 6.05. The number of hydrogen-bond donors (Lipinski definition) is 1. The van der Waals surface area contributed by atoms with Crippen LogP contribution in [0.4, 0.5) is 0 Å². The Morgan fingerprint density at radius 2 is 1.94 bits per heavy atom. The van der Waals surface area contributed by atoms with E-state index in [9.17, 15) is 10.1 Å². The highest BCUT2D eigenvalue weighted by Gasteiger charge is 2.40. The first-order chi connectivity index (χ1) is 8.29. The lowest BCUT2D eigenvalue weighted by atomic mass is 9.76. The van der Waals surface area contributed by atoms with Crippen LogP contribution in [0.15, 0.2) is 30.3 Å². The van der Waals surface area contributed by atoms with Crippen molar-refractivity contribution in [2.24, 2.45) is 0 Å². The molecule has 0 saturated carbocycles. The van der Waals surface area contributed by atoms with Gasteiger partial charge in [0, 0.05) is 6.54 Å². The molecule has 1 heterocycles. The monoisotopic (exact) mass is 228 g/mol. The van der Waals surface area contributed by atoms with Crippen molar-refractivity contribution in [1.82, 2.24) is 5.32 Å². The third-order valence-electron chi connectivity index (χ3n) is 3.36. The zero-order chi connectivity index (χ0) is 12.1. The van der Waals surface area contributed by atoms with Gasteiger partial charge in [-0.1, -0.05) is 43.2 Å². The molecule has 2 rings (SSSR count). The van der Waals surface area contributed by atoms with Crippen molar-refractivity contribution < 1.29 is 4.79 Å². The molecule has 1 aromatic carbocycles. The van der Waals surface area contributed by atoms with Crippen LogP contribution in [-0.4, -0.2) is 12.5 Å². The number of nitrogens with zero attached hydrogens (tertiary/aromatic N) is 1. The lowest BCUT2D eigenvalue weighted by Crippen LogP contribution is -2.45. The molecule has 0 spiro atoms. The highest BCUT2D eigenvalue weighted by atomic mass is 16.2. The summed E-state index contributed by atoms with van der Waals surface area (Å²) < 4.78 is 0. The van der Waals surface area contributed by atoms with E-state index in [1.165, 1.54) is 0 Å². The van der Waals surface area contributed by atoms with Crippen LogP contribution in [0.2, 0.25) is 0 Å². The number of hydrogen-bond acceptors (Lipinski definition) is 2. The quantitative estimate of drug-likeness (QED) is 0.800. The molecule has 1 aliphatic rings. The van der Waals surface area contributed by atoms with Gasteiger partial charge in [-0.05, 0) is 18.4 Å². The molecular formula is C14H16N2O. The summed E-state index contributed by atoms with van der Waals surface area (Å²) in [4.78, 5) is 12.2. The van der Waals surface area contributed by atoms with E-state index in [0.717, 1.165) is 24.8 Å². The molecule has 1 N–H and O–H groups in total. The Bertz CT molecular complexity index is 435. The summed E-state index contributed by atoms with van der Waals surface area (Å²) in [5.74, 6) is -0.147. The van der Waals surface area contributed by atoms with Gasteiger partial charge in [-0.25, -0.2) is 0 Å². The predicted molar refractivity (Wildman–Crippen MR) is 65.2 cm³/mol. The standard InChI is InChI=1S/C14H16N2O/c15-11-14(12-7-3-1-4-8-12)9-5-2-6-10-16-13(14)17/h1,3-4,7-8H,2,5-6,9-10H2,(H,16,17)/t14-/m0/s1. The number of carbonyl (C=O) groups excluding carboxylic acids is 1. The van der Waals surface area contributed by atoms with Crippen molar-refractivity contribution in [2.45, 2.75) is 31.1 Å². The molecule has 0 bridgehead atoms. The number of benzene rings is 1. The number of amides is 1. The van der Waals surface area contributed by atoms with Crippen LogP contribution in [0.3, 0.4) is 0 Å². The summed E-state index contributed by atoms with van der Waals surface area (Å²) in [7, 11) is 0. The molecule has 1 fully saturated rings. The van der Waals surface area contributed by atoms with E-state index in [4.69, 9.17) is 0 Å². The van der Waals surface area contributed by atoms with Crippen molar-refractivity contribution >= 4 is 5.91 Å². The minimum Gasteiger partial charge on any atom is -0.354 e. The summed E-state index contributed by atoms with van der Waals surface area (Å²) in [6, 6.07) is 11.6. The Morgan fingerprint density at radius 3 is 2.65 bits per heavy atom. The van der Waals surface area contributed by atoms with Gasteiger partial charge < -0.3 is 5.32 Å². The molecule has 1 atom stereocenters. The Hall–Kier alpha value is -1.82. The number of carbonyl (C=O) groups is 1. The first-order valence-electron chi connectivity index (χ1n) is 6.05. The molecule has 0 radical (unpaired) electrons. The topological polar surface area (TPSA) is 52.9 Å². The second-order valence-corrected chi connectivity index (χ2v) is 4.45. The van der Waals surface area contributed by atoms with Gasteiger partial charge in [-0.3, -0.25) is 4.79 Å². The van der Waals surface area contributed by atoms with Gasteiger partial charge in [0.15, 0.2) is 5.41 Å². The Balaban J connectivity index is 2.40. The van der Waals surface area contributed by atoms with E-state index >= 15 is 0 Å². The minimum atomic E-state index is -0.998. The second-order valence-electron chi connectivity index (χ2n) is 4.45. The Kier molecular flexibility index (Phi) is 3.43. The third kappa shape index (κ3) is 2.16. The van der Waals surface area contributed by atoms with Gasteiger partial charge in [0.05, 0.1) is 6.07 Å². The number of nitriles is 1. The smallest absolute Gasteiger partial charge is 0.245 e. The van der Waals surface area contributed by atoms with Crippen molar-refractivity contribution in [3.63, 3.8) is 0 Å². The average Bonchev–Trinajstić information content (AvgIpc) is 2.36. The lowest BCUT2D eigenvalue weighted by Gasteiger charge is -2.28. The fourth-order valence-corrected chi connectivity index (χ4v) is 2.33. The van der Waals surface area contributed by atoms with Gasteiger partial charge >= 0.3 is 0 Å². The van der Waals surface area contributed by atoms with E-state index in [1.807, 2.05) is 30.3 Å². The van der Waals surface area contributed by atoms with Crippen LogP contribution in [0.5, 0.6) is 0 Å². The van der Waals surface area contributed by atoms with Gasteiger partial charge in [-0.15, -0.1) is 0 Å². The lowest BCUT2D eigenvalue weighted by molar-refractivity contribution is -0.125. The molecule has 1 saturated heterocycles. The zero-order valence-electron chi connectivity index (χ0n) is 9.78. The molecule has 0 unspecified atom stereocenters. The zero-order valence-corrected chi connectivity index (χ0v) is 9.78. The molecule has 3 heteroatoms. The highest BCUT2D eigenvalue weighted by molar-refractivity contribution is 5.91. The predicted octanol–water partition coefficient (Wildman–Crippen LogP) is 2.14. The Morgan fingerprint density at radius 1 is 1.18 bits per heavy atom. The van der Waals surface area contributed by atoms with E-state index in [2.05, 4.69) is 11.4 Å². The summed E-state index contributed by atoms with van der Waals surface area (Å²) >= 11 is 0. The molecule has 3 nitrogen and oxygen atoms in total. The largest absolute Gasteiger partial charge is 0.354 e. The van der Waals surface area contributed by atoms with Crippen molar-refractivity contribution in [1.29, 1.82) is 5.26 Å². The van der Waals surface area contributed by atoms with Gasteiger partial charge in [0.25, 0.3) is 0 Å². The molecule has 1 aromatic rings. The summed E-state index contributed by atoms with van der Waals surface area (Å²) in [5, 5.41) is 12.3. The van der Waals surface area contributed by atoms with E-state index < -0.39 is 5.41 Å². The molecule has 0 aromatic heterocycles. The van der Waals surface area contributed by atoms with Crippen LogP contribution in [0, 0.1) is 11.3 Å². The summed E-state index contributed by atoms with van der Waals surface area (Å²) in [6.07, 6.45) is 3.60. The van der Waals surface area contributed by atoms with Gasteiger partial charge in [0.1, 0.15) is 0 Å².